The lowest BCUT2D eigenvalue weighted by Crippen LogP contribution is -2.38. The molecule has 2 aromatic carbocycles. The number of carboxylic acids is 1. The van der Waals surface area contributed by atoms with E-state index >= 15 is 0 Å². The summed E-state index contributed by atoms with van der Waals surface area (Å²) >= 11 is 0. The molecule has 164 valence electrons. The highest BCUT2D eigenvalue weighted by Gasteiger charge is 2.29. The summed E-state index contributed by atoms with van der Waals surface area (Å²) in [7, 11) is 0. The van der Waals surface area contributed by atoms with Crippen LogP contribution in [0.5, 0.6) is 0 Å². The predicted molar refractivity (Wildman–Crippen MR) is 114 cm³/mol. The van der Waals surface area contributed by atoms with Crippen molar-refractivity contribution in [3.05, 3.63) is 59.7 Å². The number of aliphatic carboxylic acids is 1. The van der Waals surface area contributed by atoms with Gasteiger partial charge < -0.3 is 25.6 Å². The van der Waals surface area contributed by atoms with Gasteiger partial charge >= 0.3 is 12.1 Å². The molecule has 2 atom stereocenters. The van der Waals surface area contributed by atoms with Crippen molar-refractivity contribution >= 4 is 18.0 Å². The Hall–Kier alpha value is -3.39. The third-order valence-corrected chi connectivity index (χ3v) is 5.25. The highest BCUT2D eigenvalue weighted by atomic mass is 16.5. The Morgan fingerprint density at radius 3 is 2.13 bits per heavy atom. The number of benzene rings is 2. The van der Waals surface area contributed by atoms with Crippen LogP contribution in [0.15, 0.2) is 48.5 Å². The molecule has 0 radical (unpaired) electrons. The number of ether oxygens (including phenoxy) is 1. The van der Waals surface area contributed by atoms with E-state index in [0.717, 1.165) is 22.3 Å². The van der Waals surface area contributed by atoms with Crippen LogP contribution in [0.25, 0.3) is 11.1 Å². The number of hydrogen-bond donors (Lipinski definition) is 4. The van der Waals surface area contributed by atoms with E-state index in [1.165, 1.54) is 0 Å². The van der Waals surface area contributed by atoms with Crippen LogP contribution in [0.1, 0.15) is 30.4 Å². The monoisotopic (exact) mass is 426 g/mol. The SMILES string of the molecule is CC(CNC(=O)OCC1c2ccccc2-c2ccccc21)CC(=O)NC[C@H](O)C(=O)O. The largest absolute Gasteiger partial charge is 0.479 e. The lowest BCUT2D eigenvalue weighted by Gasteiger charge is -2.16. The molecule has 1 aliphatic rings. The number of amides is 2. The molecule has 0 aromatic heterocycles. The number of rotatable bonds is 9. The van der Waals surface area contributed by atoms with Gasteiger partial charge in [-0.1, -0.05) is 55.5 Å². The van der Waals surface area contributed by atoms with E-state index in [-0.39, 0.29) is 38.0 Å². The van der Waals surface area contributed by atoms with Crippen molar-refractivity contribution in [2.24, 2.45) is 5.92 Å². The molecule has 2 aromatic rings. The quantitative estimate of drug-likeness (QED) is 0.487. The first-order valence-electron chi connectivity index (χ1n) is 10.1. The smallest absolute Gasteiger partial charge is 0.407 e. The summed E-state index contributed by atoms with van der Waals surface area (Å²) in [6.07, 6.45) is -2.12. The topological polar surface area (TPSA) is 125 Å². The number of aliphatic hydroxyl groups excluding tert-OH is 1. The number of nitrogens with one attached hydrogen (secondary N) is 2. The summed E-state index contributed by atoms with van der Waals surface area (Å²) in [5.74, 6) is -2.02. The van der Waals surface area contributed by atoms with Gasteiger partial charge in [-0.2, -0.15) is 0 Å². The molecule has 0 fully saturated rings. The zero-order valence-electron chi connectivity index (χ0n) is 17.2. The fourth-order valence-corrected chi connectivity index (χ4v) is 3.67. The van der Waals surface area contributed by atoms with Crippen LogP contribution in [0, 0.1) is 5.92 Å². The van der Waals surface area contributed by atoms with Gasteiger partial charge in [0, 0.05) is 18.9 Å². The molecule has 0 bridgehead atoms. The summed E-state index contributed by atoms with van der Waals surface area (Å²) in [4.78, 5) is 34.5. The Kier molecular flexibility index (Phi) is 7.25. The maximum absolute atomic E-state index is 12.2. The third kappa shape index (κ3) is 5.61. The summed E-state index contributed by atoms with van der Waals surface area (Å²) in [5.41, 5.74) is 4.56. The minimum atomic E-state index is -1.64. The zero-order valence-corrected chi connectivity index (χ0v) is 17.2. The van der Waals surface area contributed by atoms with Gasteiger partial charge in [-0.25, -0.2) is 9.59 Å². The fraction of sp³-hybridized carbons (Fsp3) is 0.348. The molecule has 8 nitrogen and oxygen atoms in total. The minimum absolute atomic E-state index is 0.0259. The van der Waals surface area contributed by atoms with E-state index in [4.69, 9.17) is 14.9 Å². The summed E-state index contributed by atoms with van der Waals surface area (Å²) in [6.45, 7) is 1.85. The molecular weight excluding hydrogens is 400 g/mol. The highest BCUT2D eigenvalue weighted by Crippen LogP contribution is 2.44. The minimum Gasteiger partial charge on any atom is -0.479 e. The molecule has 3 rings (SSSR count). The van der Waals surface area contributed by atoms with Crippen LogP contribution in [-0.4, -0.2) is 54.0 Å². The van der Waals surface area contributed by atoms with Crippen molar-refractivity contribution < 1.29 is 29.3 Å². The van der Waals surface area contributed by atoms with Crippen LogP contribution < -0.4 is 10.6 Å². The molecule has 0 aliphatic heterocycles. The Bertz CT molecular complexity index is 915. The number of carbonyl (C=O) groups excluding carboxylic acids is 2. The van der Waals surface area contributed by atoms with Crippen LogP contribution in [-0.2, 0) is 14.3 Å². The molecule has 8 heteroatoms. The van der Waals surface area contributed by atoms with E-state index in [0.29, 0.717) is 0 Å². The molecule has 0 heterocycles. The second kappa shape index (κ2) is 10.1. The number of alkyl carbamates (subject to hydrolysis) is 1. The molecule has 31 heavy (non-hydrogen) atoms. The highest BCUT2D eigenvalue weighted by molar-refractivity contribution is 5.79. The van der Waals surface area contributed by atoms with Gasteiger partial charge in [0.25, 0.3) is 0 Å². The van der Waals surface area contributed by atoms with E-state index < -0.39 is 24.1 Å². The van der Waals surface area contributed by atoms with Gasteiger partial charge in [-0.05, 0) is 28.2 Å². The number of aliphatic hydroxyl groups is 1. The summed E-state index contributed by atoms with van der Waals surface area (Å²) in [6, 6.07) is 16.1. The molecule has 4 N–H and O–H groups in total. The number of carboxylic acid groups (broad SMARTS) is 1. The van der Waals surface area contributed by atoms with Gasteiger partial charge in [0.15, 0.2) is 6.10 Å². The number of fused-ring (bicyclic) bond motifs is 3. The average Bonchev–Trinajstić information content (AvgIpc) is 3.08. The lowest BCUT2D eigenvalue weighted by atomic mass is 9.98. The van der Waals surface area contributed by atoms with Crippen molar-refractivity contribution in [2.45, 2.75) is 25.4 Å². The normalized spacial score (nSPS) is 14.1. The molecule has 0 spiro atoms. The molecule has 2 amide bonds. The second-order valence-corrected chi connectivity index (χ2v) is 7.67. The van der Waals surface area contributed by atoms with Gasteiger partial charge in [-0.15, -0.1) is 0 Å². The van der Waals surface area contributed by atoms with E-state index in [2.05, 4.69) is 22.8 Å². The molecule has 1 aliphatic carbocycles. The van der Waals surface area contributed by atoms with Gasteiger partial charge in [0.05, 0.1) is 6.54 Å². The van der Waals surface area contributed by atoms with Gasteiger partial charge in [-0.3, -0.25) is 4.79 Å². The van der Waals surface area contributed by atoms with Crippen molar-refractivity contribution in [1.82, 2.24) is 10.6 Å². The van der Waals surface area contributed by atoms with Gasteiger partial charge in [0.2, 0.25) is 5.91 Å². The maximum atomic E-state index is 12.2. The van der Waals surface area contributed by atoms with Crippen molar-refractivity contribution in [3.63, 3.8) is 0 Å². The van der Waals surface area contributed by atoms with Crippen molar-refractivity contribution in [2.75, 3.05) is 19.7 Å². The van der Waals surface area contributed by atoms with Gasteiger partial charge in [0.1, 0.15) is 6.61 Å². The van der Waals surface area contributed by atoms with Crippen LogP contribution >= 0.6 is 0 Å². The average molecular weight is 426 g/mol. The Labute approximate surface area is 180 Å². The Morgan fingerprint density at radius 2 is 1.55 bits per heavy atom. The maximum Gasteiger partial charge on any atom is 0.407 e. The first kappa shape index (κ1) is 22.3. The molecule has 0 saturated heterocycles. The van der Waals surface area contributed by atoms with Crippen molar-refractivity contribution in [3.8, 4) is 11.1 Å². The molecule has 0 saturated carbocycles. The summed E-state index contributed by atoms with van der Waals surface area (Å²) in [5, 5.41) is 22.8. The second-order valence-electron chi connectivity index (χ2n) is 7.67. The lowest BCUT2D eigenvalue weighted by molar-refractivity contribution is -0.146. The number of hydrogen-bond acceptors (Lipinski definition) is 5. The standard InChI is InChI=1S/C23H26N2O6/c1-14(10-21(27)24-12-20(26)22(28)29)11-25-23(30)31-13-19-17-8-4-2-6-15(17)16-7-3-5-9-18(16)19/h2-9,14,19-20,26H,10-13H2,1H3,(H,24,27)(H,25,30)(H,28,29)/t14?,20-/m0/s1. The predicted octanol–water partition coefficient (Wildman–Crippen LogP) is 2.11. The van der Waals surface area contributed by atoms with E-state index in [1.54, 1.807) is 6.92 Å². The van der Waals surface area contributed by atoms with Crippen molar-refractivity contribution in [1.29, 1.82) is 0 Å². The third-order valence-electron chi connectivity index (χ3n) is 5.25. The number of carbonyl (C=O) groups is 3. The molecular formula is C23H26N2O6. The van der Waals surface area contributed by atoms with Crippen LogP contribution in [0.4, 0.5) is 4.79 Å². The van der Waals surface area contributed by atoms with Crippen LogP contribution in [0.3, 0.4) is 0 Å². The first-order valence-corrected chi connectivity index (χ1v) is 10.1. The Morgan fingerprint density at radius 1 is 0.968 bits per heavy atom. The fourth-order valence-electron chi connectivity index (χ4n) is 3.67. The Balaban J connectivity index is 1.45. The first-order chi connectivity index (χ1) is 14.9. The van der Waals surface area contributed by atoms with E-state index in [1.807, 2.05) is 36.4 Å². The zero-order chi connectivity index (χ0) is 22.4. The molecule has 1 unspecified atom stereocenters. The van der Waals surface area contributed by atoms with Crippen LogP contribution in [0.2, 0.25) is 0 Å². The summed E-state index contributed by atoms with van der Waals surface area (Å²) < 4.78 is 5.45. The van der Waals surface area contributed by atoms with E-state index in [9.17, 15) is 14.4 Å².